The first-order valence-electron chi connectivity index (χ1n) is 5.67. The summed E-state index contributed by atoms with van der Waals surface area (Å²) >= 11 is 0. The van der Waals surface area contributed by atoms with E-state index in [1.54, 1.807) is 0 Å². The minimum atomic E-state index is -0.110. The molecule has 3 N–H and O–H groups in total. The maximum absolute atomic E-state index is 11.3. The second kappa shape index (κ2) is 4.18. The molecule has 0 spiro atoms. The van der Waals surface area contributed by atoms with Gasteiger partial charge in [-0.25, -0.2) is 5.01 Å². The number of hydrogen-bond donors (Lipinski definition) is 2. The van der Waals surface area contributed by atoms with Crippen molar-refractivity contribution in [3.05, 3.63) is 12.7 Å². The number of hydrazine groups is 1. The van der Waals surface area contributed by atoms with E-state index in [1.807, 2.05) is 5.01 Å². The van der Waals surface area contributed by atoms with Crippen molar-refractivity contribution in [1.29, 1.82) is 0 Å². The summed E-state index contributed by atoms with van der Waals surface area (Å²) in [6.45, 7) is 11.9. The van der Waals surface area contributed by atoms with Gasteiger partial charge in [0.05, 0.1) is 0 Å². The number of nitrogens with two attached hydrogens (primary N) is 1. The van der Waals surface area contributed by atoms with Gasteiger partial charge in [-0.1, -0.05) is 6.58 Å². The summed E-state index contributed by atoms with van der Waals surface area (Å²) in [5.74, 6) is 6.01. The normalized spacial score (nSPS) is 25.1. The predicted molar refractivity (Wildman–Crippen MR) is 65.5 cm³/mol. The molecule has 0 aliphatic carbocycles. The third-order valence-corrected chi connectivity index (χ3v) is 3.33. The smallest absolute Gasteiger partial charge is 0.243 e. The van der Waals surface area contributed by atoms with Gasteiger partial charge >= 0.3 is 0 Å². The lowest BCUT2D eigenvalue weighted by Crippen LogP contribution is -2.66. The molecule has 1 aliphatic heterocycles. The summed E-state index contributed by atoms with van der Waals surface area (Å²) in [6, 6.07) is 0.162. The van der Waals surface area contributed by atoms with E-state index in [4.69, 9.17) is 5.84 Å². The van der Waals surface area contributed by atoms with Crippen LogP contribution in [-0.2, 0) is 4.79 Å². The molecule has 0 unspecified atom stereocenters. The van der Waals surface area contributed by atoms with Crippen LogP contribution in [0.25, 0.3) is 0 Å². The van der Waals surface area contributed by atoms with Gasteiger partial charge in [-0.15, -0.1) is 0 Å². The maximum atomic E-state index is 11.3. The SMILES string of the molecule is C=CC(=O)NC1CC(C)(C)N(N)C(C)(C)C1. The molecule has 1 heterocycles. The van der Waals surface area contributed by atoms with Crippen LogP contribution in [0.5, 0.6) is 0 Å². The van der Waals surface area contributed by atoms with Gasteiger partial charge in [0.2, 0.25) is 5.91 Å². The molecule has 1 aliphatic rings. The van der Waals surface area contributed by atoms with E-state index in [0.29, 0.717) is 0 Å². The van der Waals surface area contributed by atoms with Crippen molar-refractivity contribution in [2.24, 2.45) is 5.84 Å². The van der Waals surface area contributed by atoms with Crippen molar-refractivity contribution in [2.45, 2.75) is 57.7 Å². The molecule has 0 atom stereocenters. The van der Waals surface area contributed by atoms with Crippen LogP contribution in [0.3, 0.4) is 0 Å². The summed E-state index contributed by atoms with van der Waals surface area (Å²) < 4.78 is 0. The van der Waals surface area contributed by atoms with E-state index in [1.165, 1.54) is 6.08 Å². The average Bonchev–Trinajstić information content (AvgIpc) is 2.13. The number of nitrogens with zero attached hydrogens (tertiary/aromatic N) is 1. The monoisotopic (exact) mass is 225 g/mol. The van der Waals surface area contributed by atoms with E-state index in [0.717, 1.165) is 12.8 Å². The lowest BCUT2D eigenvalue weighted by Gasteiger charge is -2.52. The summed E-state index contributed by atoms with van der Waals surface area (Å²) in [7, 11) is 0. The molecular formula is C12H23N3O. The molecule has 1 fully saturated rings. The van der Waals surface area contributed by atoms with Gasteiger partial charge in [-0.2, -0.15) is 0 Å². The van der Waals surface area contributed by atoms with Crippen LogP contribution >= 0.6 is 0 Å². The van der Waals surface area contributed by atoms with Crippen molar-refractivity contribution in [1.82, 2.24) is 10.3 Å². The minimum Gasteiger partial charge on any atom is -0.350 e. The van der Waals surface area contributed by atoms with Crippen molar-refractivity contribution in [3.63, 3.8) is 0 Å². The molecule has 4 nitrogen and oxygen atoms in total. The van der Waals surface area contributed by atoms with Gasteiger partial charge in [0.15, 0.2) is 0 Å². The lowest BCUT2D eigenvalue weighted by molar-refractivity contribution is -0.119. The number of rotatable bonds is 2. The Kier molecular flexibility index (Phi) is 3.45. The first-order chi connectivity index (χ1) is 7.19. The fraction of sp³-hybridized carbons (Fsp3) is 0.750. The van der Waals surface area contributed by atoms with E-state index >= 15 is 0 Å². The average molecular weight is 225 g/mol. The minimum absolute atomic E-state index is 0.109. The van der Waals surface area contributed by atoms with Gasteiger partial charge in [0.25, 0.3) is 0 Å². The molecule has 0 aromatic rings. The quantitative estimate of drug-likeness (QED) is 0.548. The largest absolute Gasteiger partial charge is 0.350 e. The number of nitrogens with one attached hydrogen (secondary N) is 1. The highest BCUT2D eigenvalue weighted by Gasteiger charge is 2.44. The number of hydrogen-bond acceptors (Lipinski definition) is 3. The molecule has 0 aromatic heterocycles. The fourth-order valence-corrected chi connectivity index (χ4v) is 2.66. The Morgan fingerprint density at radius 2 is 1.81 bits per heavy atom. The fourth-order valence-electron chi connectivity index (χ4n) is 2.66. The number of carbonyl (C=O) groups is 1. The predicted octanol–water partition coefficient (Wildman–Crippen LogP) is 1.18. The summed E-state index contributed by atoms with van der Waals surface area (Å²) in [5.41, 5.74) is -0.221. The third kappa shape index (κ3) is 2.62. The number of amides is 1. The van der Waals surface area contributed by atoms with Crippen molar-refractivity contribution in [2.75, 3.05) is 0 Å². The van der Waals surface area contributed by atoms with Gasteiger partial charge in [-0.05, 0) is 46.6 Å². The highest BCUT2D eigenvalue weighted by Crippen LogP contribution is 2.35. The van der Waals surface area contributed by atoms with Crippen molar-refractivity contribution >= 4 is 5.91 Å². The lowest BCUT2D eigenvalue weighted by atomic mass is 9.78. The molecule has 1 rings (SSSR count). The van der Waals surface area contributed by atoms with Gasteiger partial charge in [0, 0.05) is 17.1 Å². The molecule has 4 heteroatoms. The first-order valence-corrected chi connectivity index (χ1v) is 5.67. The van der Waals surface area contributed by atoms with Crippen LogP contribution in [0, 0.1) is 0 Å². The van der Waals surface area contributed by atoms with E-state index in [2.05, 4.69) is 39.6 Å². The number of carbonyl (C=O) groups excluding carboxylic acids is 1. The molecular weight excluding hydrogens is 202 g/mol. The molecule has 92 valence electrons. The zero-order valence-electron chi connectivity index (χ0n) is 10.7. The van der Waals surface area contributed by atoms with E-state index in [9.17, 15) is 4.79 Å². The zero-order chi connectivity index (χ0) is 12.6. The third-order valence-electron chi connectivity index (χ3n) is 3.33. The van der Waals surface area contributed by atoms with Crippen LogP contribution < -0.4 is 11.2 Å². The second-order valence-electron chi connectivity index (χ2n) is 5.81. The first kappa shape index (κ1) is 13.2. The van der Waals surface area contributed by atoms with Crippen LogP contribution in [0.2, 0.25) is 0 Å². The van der Waals surface area contributed by atoms with Gasteiger partial charge in [0.1, 0.15) is 0 Å². The summed E-state index contributed by atoms with van der Waals surface area (Å²) in [6.07, 6.45) is 3.02. The molecule has 1 saturated heterocycles. The Morgan fingerprint density at radius 1 is 1.38 bits per heavy atom. The summed E-state index contributed by atoms with van der Waals surface area (Å²) in [4.78, 5) is 11.3. The van der Waals surface area contributed by atoms with Crippen LogP contribution in [0.15, 0.2) is 12.7 Å². The van der Waals surface area contributed by atoms with E-state index < -0.39 is 0 Å². The highest BCUT2D eigenvalue weighted by atomic mass is 16.1. The van der Waals surface area contributed by atoms with Gasteiger partial charge in [-0.3, -0.25) is 10.6 Å². The van der Waals surface area contributed by atoms with Crippen LogP contribution in [0.4, 0.5) is 0 Å². The maximum Gasteiger partial charge on any atom is 0.243 e. The Labute approximate surface area is 97.8 Å². The van der Waals surface area contributed by atoms with Crippen LogP contribution in [0.1, 0.15) is 40.5 Å². The Balaban J connectivity index is 2.78. The molecule has 1 amide bonds. The Morgan fingerprint density at radius 3 is 2.19 bits per heavy atom. The summed E-state index contributed by atoms with van der Waals surface area (Å²) in [5, 5.41) is 4.86. The number of piperidine rings is 1. The molecule has 0 bridgehead atoms. The van der Waals surface area contributed by atoms with Crippen molar-refractivity contribution < 1.29 is 4.79 Å². The zero-order valence-corrected chi connectivity index (χ0v) is 10.7. The van der Waals surface area contributed by atoms with Crippen LogP contribution in [-0.4, -0.2) is 28.0 Å². The second-order valence-corrected chi connectivity index (χ2v) is 5.81. The highest BCUT2D eigenvalue weighted by molar-refractivity contribution is 5.87. The molecule has 0 radical (unpaired) electrons. The topological polar surface area (TPSA) is 58.4 Å². The van der Waals surface area contributed by atoms with Crippen molar-refractivity contribution in [3.8, 4) is 0 Å². The molecule has 16 heavy (non-hydrogen) atoms. The molecule has 0 aromatic carbocycles. The Hall–Kier alpha value is -0.870. The Bertz CT molecular complexity index is 279. The standard InChI is InChI=1S/C12H23N3O/c1-6-10(16)14-9-7-11(2,3)15(13)12(4,5)8-9/h6,9H,1,7-8,13H2,2-5H3,(H,14,16). The van der Waals surface area contributed by atoms with Gasteiger partial charge < -0.3 is 5.32 Å². The molecule has 0 saturated carbocycles. The van der Waals surface area contributed by atoms with E-state index in [-0.39, 0.29) is 23.0 Å².